The Labute approximate surface area is 186 Å². The van der Waals surface area contributed by atoms with E-state index in [4.69, 9.17) is 11.6 Å². The number of carbonyl (C=O) groups is 1. The molecule has 2 heterocycles. The Morgan fingerprint density at radius 1 is 1.16 bits per heavy atom. The molecule has 0 aliphatic carbocycles. The van der Waals surface area contributed by atoms with Crippen molar-refractivity contribution in [1.82, 2.24) is 15.1 Å². The first-order valence-electron chi connectivity index (χ1n) is 10.4. The second-order valence-electron chi connectivity index (χ2n) is 7.85. The summed E-state index contributed by atoms with van der Waals surface area (Å²) in [6.07, 6.45) is 1.73. The third kappa shape index (κ3) is 4.97. The lowest BCUT2D eigenvalue weighted by molar-refractivity contribution is -0.125. The first-order chi connectivity index (χ1) is 15.0. The summed E-state index contributed by atoms with van der Waals surface area (Å²) in [6, 6.07) is 18.3. The number of hydrogen-bond acceptors (Lipinski definition) is 4. The van der Waals surface area contributed by atoms with Gasteiger partial charge in [-0.05, 0) is 55.2 Å². The van der Waals surface area contributed by atoms with Gasteiger partial charge in [0, 0.05) is 30.7 Å². The lowest BCUT2D eigenvalue weighted by Gasteiger charge is -2.33. The highest BCUT2D eigenvalue weighted by molar-refractivity contribution is 6.30. The normalized spacial score (nSPS) is 16.2. The van der Waals surface area contributed by atoms with Gasteiger partial charge in [0.2, 0.25) is 5.91 Å². The second-order valence-corrected chi connectivity index (χ2v) is 8.29. The molecule has 6 nitrogen and oxygen atoms in total. The lowest BCUT2D eigenvalue weighted by Crippen LogP contribution is -2.43. The van der Waals surface area contributed by atoms with E-state index < -0.39 is 0 Å². The molecule has 4 rings (SSSR count). The number of nitrogens with one attached hydrogen (secondary N) is 1. The fourth-order valence-corrected chi connectivity index (χ4v) is 4.08. The highest BCUT2D eigenvalue weighted by atomic mass is 35.5. The van der Waals surface area contributed by atoms with E-state index in [0.717, 1.165) is 24.9 Å². The first-order valence-corrected chi connectivity index (χ1v) is 10.8. The van der Waals surface area contributed by atoms with Crippen LogP contribution in [-0.2, 0) is 11.3 Å². The molecule has 7 heteroatoms. The van der Waals surface area contributed by atoms with E-state index in [1.54, 1.807) is 30.3 Å². The van der Waals surface area contributed by atoms with Gasteiger partial charge in [-0.3, -0.25) is 9.59 Å². The van der Waals surface area contributed by atoms with Gasteiger partial charge in [-0.25, -0.2) is 0 Å². The van der Waals surface area contributed by atoms with Crippen molar-refractivity contribution in [2.75, 3.05) is 18.0 Å². The molecule has 1 atom stereocenters. The third-order valence-electron chi connectivity index (χ3n) is 5.67. The van der Waals surface area contributed by atoms with Gasteiger partial charge < -0.3 is 10.2 Å². The standard InChI is InChI=1S/C24H25ClN4O2/c1-17-6-2-3-7-18(17)15-26-24(31)19-8-5-13-28(16-19)22-11-12-23(30)29(27-22)21-10-4-9-20(25)14-21/h2-4,6-7,9-12,14,19H,5,8,13,15-16H2,1H3,(H,26,31)/t19-/m1/s1. The Kier molecular flexibility index (Phi) is 6.37. The Morgan fingerprint density at radius 2 is 2.00 bits per heavy atom. The van der Waals surface area contributed by atoms with Crippen LogP contribution in [-0.4, -0.2) is 28.8 Å². The molecule has 0 unspecified atom stereocenters. The Balaban J connectivity index is 1.47. The molecule has 1 saturated heterocycles. The summed E-state index contributed by atoms with van der Waals surface area (Å²) in [6.45, 7) is 3.94. The zero-order valence-corrected chi connectivity index (χ0v) is 18.2. The molecule has 2 aromatic carbocycles. The summed E-state index contributed by atoms with van der Waals surface area (Å²) < 4.78 is 1.35. The van der Waals surface area contributed by atoms with Gasteiger partial charge in [-0.2, -0.15) is 4.68 Å². The highest BCUT2D eigenvalue weighted by Crippen LogP contribution is 2.22. The number of halogens is 1. The van der Waals surface area contributed by atoms with E-state index in [9.17, 15) is 9.59 Å². The lowest BCUT2D eigenvalue weighted by atomic mass is 9.97. The zero-order valence-electron chi connectivity index (χ0n) is 17.4. The van der Waals surface area contributed by atoms with Gasteiger partial charge in [-0.15, -0.1) is 5.10 Å². The zero-order chi connectivity index (χ0) is 21.8. The van der Waals surface area contributed by atoms with Gasteiger partial charge >= 0.3 is 0 Å². The molecule has 3 aromatic rings. The summed E-state index contributed by atoms with van der Waals surface area (Å²) in [7, 11) is 0. The molecule has 0 saturated carbocycles. The predicted octanol–water partition coefficient (Wildman–Crippen LogP) is 3.73. The topological polar surface area (TPSA) is 67.2 Å². The van der Waals surface area contributed by atoms with E-state index >= 15 is 0 Å². The van der Waals surface area contributed by atoms with Gasteiger partial charge in [0.15, 0.2) is 0 Å². The molecule has 31 heavy (non-hydrogen) atoms. The number of rotatable bonds is 5. The van der Waals surface area contributed by atoms with E-state index in [-0.39, 0.29) is 17.4 Å². The van der Waals surface area contributed by atoms with Crippen LogP contribution >= 0.6 is 11.6 Å². The highest BCUT2D eigenvalue weighted by Gasteiger charge is 2.27. The maximum atomic E-state index is 12.8. The number of piperidine rings is 1. The van der Waals surface area contributed by atoms with Crippen molar-refractivity contribution < 1.29 is 4.79 Å². The summed E-state index contributed by atoms with van der Waals surface area (Å²) in [5, 5.41) is 8.17. The minimum Gasteiger partial charge on any atom is -0.354 e. The largest absolute Gasteiger partial charge is 0.354 e. The van der Waals surface area contributed by atoms with Crippen LogP contribution in [0, 0.1) is 12.8 Å². The van der Waals surface area contributed by atoms with Crippen molar-refractivity contribution in [2.45, 2.75) is 26.3 Å². The second kappa shape index (κ2) is 9.35. The number of amides is 1. The van der Waals surface area contributed by atoms with Crippen LogP contribution in [0.1, 0.15) is 24.0 Å². The Morgan fingerprint density at radius 3 is 2.81 bits per heavy atom. The van der Waals surface area contributed by atoms with Gasteiger partial charge in [0.25, 0.3) is 5.56 Å². The molecule has 1 fully saturated rings. The molecule has 0 bridgehead atoms. The van der Waals surface area contributed by atoms with Crippen LogP contribution in [0.2, 0.25) is 5.02 Å². The summed E-state index contributed by atoms with van der Waals surface area (Å²) >= 11 is 6.08. The maximum Gasteiger partial charge on any atom is 0.271 e. The van der Waals surface area contributed by atoms with E-state index in [1.807, 2.05) is 31.2 Å². The molecule has 1 aliphatic heterocycles. The molecule has 0 spiro atoms. The predicted molar refractivity (Wildman–Crippen MR) is 123 cm³/mol. The van der Waals surface area contributed by atoms with Crippen LogP contribution in [0.4, 0.5) is 5.82 Å². The number of nitrogens with zero attached hydrogens (tertiary/aromatic N) is 3. The summed E-state index contributed by atoms with van der Waals surface area (Å²) in [5.74, 6) is 0.609. The average molecular weight is 437 g/mol. The molecule has 1 amide bonds. The third-order valence-corrected chi connectivity index (χ3v) is 5.90. The van der Waals surface area contributed by atoms with Gasteiger partial charge in [0.1, 0.15) is 5.82 Å². The molecule has 1 N–H and O–H groups in total. The minimum atomic E-state index is -0.226. The molecule has 0 radical (unpaired) electrons. The number of aromatic nitrogens is 2. The fourth-order valence-electron chi connectivity index (χ4n) is 3.90. The smallest absolute Gasteiger partial charge is 0.271 e. The molecular weight excluding hydrogens is 412 g/mol. The number of benzene rings is 2. The van der Waals surface area contributed by atoms with E-state index in [0.29, 0.717) is 29.6 Å². The van der Waals surface area contributed by atoms with Crippen LogP contribution in [0.15, 0.2) is 65.5 Å². The fraction of sp³-hybridized carbons (Fsp3) is 0.292. The average Bonchev–Trinajstić information content (AvgIpc) is 2.79. The van der Waals surface area contributed by atoms with Crippen LogP contribution in [0.5, 0.6) is 0 Å². The SMILES string of the molecule is Cc1ccccc1CNC(=O)[C@@H]1CCCN(c2ccc(=O)n(-c3cccc(Cl)c3)n2)C1. The van der Waals surface area contributed by atoms with Gasteiger partial charge in [0.05, 0.1) is 11.6 Å². The van der Waals surface area contributed by atoms with E-state index in [2.05, 4.69) is 15.3 Å². The summed E-state index contributed by atoms with van der Waals surface area (Å²) in [4.78, 5) is 27.2. The molecule has 160 valence electrons. The van der Waals surface area contributed by atoms with Gasteiger partial charge in [-0.1, -0.05) is 41.9 Å². The minimum absolute atomic E-state index is 0.0520. The van der Waals surface area contributed by atoms with Crippen LogP contribution < -0.4 is 15.8 Å². The molecular formula is C24H25ClN4O2. The molecule has 1 aromatic heterocycles. The maximum absolute atomic E-state index is 12.8. The van der Waals surface area contributed by atoms with Crippen molar-refractivity contribution in [1.29, 1.82) is 0 Å². The van der Waals surface area contributed by atoms with Crippen molar-refractivity contribution >= 4 is 23.3 Å². The van der Waals surface area contributed by atoms with Crippen molar-refractivity contribution in [3.8, 4) is 5.69 Å². The monoisotopic (exact) mass is 436 g/mol. The van der Waals surface area contributed by atoms with Crippen molar-refractivity contribution in [3.63, 3.8) is 0 Å². The quantitative estimate of drug-likeness (QED) is 0.661. The molecule has 1 aliphatic rings. The van der Waals surface area contributed by atoms with Crippen LogP contribution in [0.25, 0.3) is 5.69 Å². The Hall–Kier alpha value is -3.12. The number of anilines is 1. The number of carbonyl (C=O) groups excluding carboxylic acids is 1. The van der Waals surface area contributed by atoms with Crippen molar-refractivity contribution in [2.24, 2.45) is 5.92 Å². The van der Waals surface area contributed by atoms with Crippen LogP contribution in [0.3, 0.4) is 0 Å². The van der Waals surface area contributed by atoms with Crippen molar-refractivity contribution in [3.05, 3.63) is 87.2 Å². The summed E-state index contributed by atoms with van der Waals surface area (Å²) in [5.41, 5.74) is 2.68. The Bertz CT molecular complexity index is 1140. The van der Waals surface area contributed by atoms with E-state index in [1.165, 1.54) is 16.3 Å². The number of aryl methyl sites for hydroxylation is 1. The first kappa shape index (κ1) is 21.1. The number of hydrogen-bond donors (Lipinski definition) is 1.